The molecule has 1 amide bonds. The van der Waals surface area contributed by atoms with Crippen LogP contribution < -0.4 is 15.0 Å². The molecule has 0 unspecified atom stereocenters. The fraction of sp³-hybridized carbons (Fsp3) is 0.323. The molecule has 216 valence electrons. The van der Waals surface area contributed by atoms with Crippen LogP contribution in [0, 0.1) is 0 Å². The van der Waals surface area contributed by atoms with Crippen molar-refractivity contribution in [2.75, 3.05) is 37.0 Å². The minimum Gasteiger partial charge on any atom is -0.486 e. The maximum atomic E-state index is 13.0. The Balaban J connectivity index is 1.10. The number of sulfone groups is 1. The number of anilines is 2. The van der Waals surface area contributed by atoms with E-state index in [9.17, 15) is 13.2 Å². The van der Waals surface area contributed by atoms with E-state index in [0.717, 1.165) is 47.5 Å². The number of pyridine rings is 2. The second-order valence-electron chi connectivity index (χ2n) is 10.7. The molecule has 1 N–H and O–H groups in total. The smallest absolute Gasteiger partial charge is 0.251 e. The molecule has 1 saturated heterocycles. The summed E-state index contributed by atoms with van der Waals surface area (Å²) in [6, 6.07) is 16.8. The van der Waals surface area contributed by atoms with E-state index in [1.807, 2.05) is 24.3 Å². The molecule has 0 bridgehead atoms. The van der Waals surface area contributed by atoms with Gasteiger partial charge in [-0.05, 0) is 60.4 Å². The van der Waals surface area contributed by atoms with E-state index in [0.29, 0.717) is 24.5 Å². The van der Waals surface area contributed by atoms with Crippen LogP contribution in [0.5, 0.6) is 5.75 Å². The fourth-order valence-corrected chi connectivity index (χ4v) is 6.86. The molecular formula is C31H30N4O6S. The Kier molecular flexibility index (Phi) is 7.01. The Hall–Kier alpha value is -4.06. The number of nitrogens with zero attached hydrogens (tertiary/aromatic N) is 3. The molecule has 2 aromatic carbocycles. The molecule has 1 fully saturated rings. The number of carbonyl (C=O) groups is 1. The van der Waals surface area contributed by atoms with Gasteiger partial charge in [0, 0.05) is 35.4 Å². The van der Waals surface area contributed by atoms with Crippen LogP contribution >= 0.6 is 0 Å². The average Bonchev–Trinajstić information content (AvgIpc) is 3.14. The lowest BCUT2D eigenvalue weighted by Gasteiger charge is -2.32. The van der Waals surface area contributed by atoms with Gasteiger partial charge in [-0.25, -0.2) is 13.4 Å². The Morgan fingerprint density at radius 2 is 1.93 bits per heavy atom. The standard InChI is InChI=1S/C31H30N4O6S/c36-31(21-3-4-23-17-39-10-11-42(37,38)29(23)12-21)33-16-24-13-27-22(15-32-24)6-8-30(34-27)35-9-1-2-20-5-7-25(14-28(20)35)41-26-18-40-19-26/h3-8,12-15,26H,1-2,9-11,16-19H2,(H,33,36). The van der Waals surface area contributed by atoms with Gasteiger partial charge in [0.2, 0.25) is 0 Å². The number of hydrogen-bond donors (Lipinski definition) is 1. The number of nitrogens with one attached hydrogen (secondary N) is 1. The van der Waals surface area contributed by atoms with E-state index in [1.54, 1.807) is 18.3 Å². The van der Waals surface area contributed by atoms with Crippen molar-refractivity contribution >= 4 is 38.2 Å². The van der Waals surface area contributed by atoms with Crippen molar-refractivity contribution in [2.45, 2.75) is 37.0 Å². The van der Waals surface area contributed by atoms with E-state index in [1.165, 1.54) is 11.6 Å². The summed E-state index contributed by atoms with van der Waals surface area (Å²) in [5, 5.41) is 3.76. The minimum absolute atomic E-state index is 0.102. The molecule has 4 aromatic rings. The normalized spacial score (nSPS) is 18.0. The molecule has 42 heavy (non-hydrogen) atoms. The highest BCUT2D eigenvalue weighted by atomic mass is 32.2. The van der Waals surface area contributed by atoms with E-state index >= 15 is 0 Å². The minimum atomic E-state index is -3.51. The van der Waals surface area contributed by atoms with Crippen LogP contribution in [0.3, 0.4) is 0 Å². The molecule has 5 heterocycles. The van der Waals surface area contributed by atoms with Crippen LogP contribution in [0.4, 0.5) is 11.5 Å². The molecule has 3 aliphatic rings. The van der Waals surface area contributed by atoms with Gasteiger partial charge in [0.15, 0.2) is 9.84 Å². The van der Waals surface area contributed by atoms with Crippen LogP contribution in [0.2, 0.25) is 0 Å². The summed E-state index contributed by atoms with van der Waals surface area (Å²) in [5.74, 6) is 1.19. The van der Waals surface area contributed by atoms with Crippen molar-refractivity contribution in [3.63, 3.8) is 0 Å². The number of aryl methyl sites for hydroxylation is 1. The summed E-state index contributed by atoms with van der Waals surface area (Å²) in [6.45, 7) is 2.60. The second kappa shape index (κ2) is 11.0. The molecule has 7 rings (SSSR count). The Bertz CT molecular complexity index is 1790. The summed E-state index contributed by atoms with van der Waals surface area (Å²) in [7, 11) is -3.51. The van der Waals surface area contributed by atoms with Gasteiger partial charge in [-0.1, -0.05) is 12.1 Å². The first-order chi connectivity index (χ1) is 20.4. The van der Waals surface area contributed by atoms with Crippen LogP contribution in [0.25, 0.3) is 10.9 Å². The van der Waals surface area contributed by atoms with Gasteiger partial charge in [-0.15, -0.1) is 0 Å². The van der Waals surface area contributed by atoms with Crippen LogP contribution in [0.1, 0.15) is 33.6 Å². The van der Waals surface area contributed by atoms with Crippen LogP contribution in [0.15, 0.2) is 65.7 Å². The van der Waals surface area contributed by atoms with E-state index in [-0.39, 0.29) is 48.0 Å². The third-order valence-corrected chi connectivity index (χ3v) is 9.58. The molecule has 10 nitrogen and oxygen atoms in total. The summed E-state index contributed by atoms with van der Waals surface area (Å²) in [4.78, 5) is 24.8. The average molecular weight is 587 g/mol. The second-order valence-corrected chi connectivity index (χ2v) is 12.8. The van der Waals surface area contributed by atoms with Crippen molar-refractivity contribution < 1.29 is 27.4 Å². The first-order valence-corrected chi connectivity index (χ1v) is 15.7. The van der Waals surface area contributed by atoms with Crippen molar-refractivity contribution in [3.8, 4) is 5.75 Å². The van der Waals surface area contributed by atoms with Gasteiger partial charge in [-0.2, -0.15) is 0 Å². The maximum absolute atomic E-state index is 13.0. The summed E-state index contributed by atoms with van der Waals surface area (Å²) in [6.07, 6.45) is 3.88. The van der Waals surface area contributed by atoms with Gasteiger partial charge in [0.05, 0.1) is 54.8 Å². The van der Waals surface area contributed by atoms with Gasteiger partial charge >= 0.3 is 0 Å². The number of ether oxygens (including phenoxy) is 3. The lowest BCUT2D eigenvalue weighted by molar-refractivity contribution is -0.0796. The number of benzene rings is 2. The largest absolute Gasteiger partial charge is 0.486 e. The molecule has 0 aliphatic carbocycles. The number of fused-ring (bicyclic) bond motifs is 3. The predicted molar refractivity (Wildman–Crippen MR) is 156 cm³/mol. The van der Waals surface area contributed by atoms with Crippen molar-refractivity contribution in [1.29, 1.82) is 0 Å². The molecule has 2 aromatic heterocycles. The molecule has 0 saturated carbocycles. The van der Waals surface area contributed by atoms with E-state index < -0.39 is 9.84 Å². The third kappa shape index (κ3) is 5.31. The Morgan fingerprint density at radius 1 is 1.05 bits per heavy atom. The monoisotopic (exact) mass is 586 g/mol. The van der Waals surface area contributed by atoms with Crippen molar-refractivity contribution in [1.82, 2.24) is 15.3 Å². The van der Waals surface area contributed by atoms with Crippen LogP contribution in [-0.4, -0.2) is 62.5 Å². The molecule has 0 atom stereocenters. The molecule has 0 spiro atoms. The number of aromatic nitrogens is 2. The lowest BCUT2D eigenvalue weighted by atomic mass is 10.0. The fourth-order valence-electron chi connectivity index (χ4n) is 5.47. The van der Waals surface area contributed by atoms with Crippen molar-refractivity contribution in [3.05, 3.63) is 83.2 Å². The van der Waals surface area contributed by atoms with E-state index in [4.69, 9.17) is 19.2 Å². The topological polar surface area (TPSA) is 120 Å². The molecule has 3 aliphatic heterocycles. The Morgan fingerprint density at radius 3 is 2.79 bits per heavy atom. The zero-order chi connectivity index (χ0) is 28.7. The van der Waals surface area contributed by atoms with E-state index in [2.05, 4.69) is 27.3 Å². The maximum Gasteiger partial charge on any atom is 0.251 e. The first-order valence-electron chi connectivity index (χ1n) is 14.1. The Labute approximate surface area is 243 Å². The summed E-state index contributed by atoms with van der Waals surface area (Å²) < 4.78 is 41.9. The van der Waals surface area contributed by atoms with Gasteiger partial charge in [0.25, 0.3) is 5.91 Å². The van der Waals surface area contributed by atoms with Gasteiger partial charge in [0.1, 0.15) is 17.7 Å². The SMILES string of the molecule is O=C(NCc1cc2nc(N3CCCc4ccc(OC5COC5)cc43)ccc2cn1)c1ccc2c(c1)S(=O)(=O)CCOC2. The first kappa shape index (κ1) is 26.8. The van der Waals surface area contributed by atoms with Gasteiger partial charge in [-0.3, -0.25) is 9.78 Å². The van der Waals surface area contributed by atoms with Crippen molar-refractivity contribution in [2.24, 2.45) is 0 Å². The highest BCUT2D eigenvalue weighted by molar-refractivity contribution is 7.91. The summed E-state index contributed by atoms with van der Waals surface area (Å²) >= 11 is 0. The molecule has 11 heteroatoms. The van der Waals surface area contributed by atoms with Gasteiger partial charge < -0.3 is 24.4 Å². The molecular weight excluding hydrogens is 556 g/mol. The number of rotatable bonds is 6. The highest BCUT2D eigenvalue weighted by Crippen LogP contribution is 2.36. The highest BCUT2D eigenvalue weighted by Gasteiger charge is 2.25. The third-order valence-electron chi connectivity index (χ3n) is 7.83. The zero-order valence-electron chi connectivity index (χ0n) is 22.9. The quantitative estimate of drug-likeness (QED) is 0.360. The lowest BCUT2D eigenvalue weighted by Crippen LogP contribution is -2.38. The number of hydrogen-bond acceptors (Lipinski definition) is 9. The van der Waals surface area contributed by atoms with Crippen LogP contribution in [-0.2, 0) is 38.9 Å². The number of amides is 1. The summed E-state index contributed by atoms with van der Waals surface area (Å²) in [5.41, 5.74) is 4.62. The number of carbonyl (C=O) groups excluding carboxylic acids is 1. The molecule has 0 radical (unpaired) electrons. The zero-order valence-corrected chi connectivity index (χ0v) is 23.7. The predicted octanol–water partition coefficient (Wildman–Crippen LogP) is 3.73.